The van der Waals surface area contributed by atoms with Crippen LogP contribution in [0, 0.1) is 11.8 Å². The number of nitrogens with one attached hydrogen (secondary N) is 3. The molecule has 1 aromatic carbocycles. The van der Waals surface area contributed by atoms with Crippen molar-refractivity contribution in [1.82, 2.24) is 20.9 Å². The first kappa shape index (κ1) is 28.7. The molecule has 3 rings (SSSR count). The summed E-state index contributed by atoms with van der Waals surface area (Å²) >= 11 is 6.29. The van der Waals surface area contributed by atoms with Gasteiger partial charge in [-0.05, 0) is 63.8 Å². The van der Waals surface area contributed by atoms with Crippen LogP contribution in [-0.4, -0.2) is 62.2 Å². The van der Waals surface area contributed by atoms with Crippen molar-refractivity contribution in [2.75, 3.05) is 33.3 Å². The van der Waals surface area contributed by atoms with Gasteiger partial charge in [0.2, 0.25) is 5.91 Å². The Labute approximate surface area is 222 Å². The maximum absolute atomic E-state index is 13.3. The van der Waals surface area contributed by atoms with Gasteiger partial charge in [-0.15, -0.1) is 0 Å². The lowest BCUT2D eigenvalue weighted by Gasteiger charge is -2.38. The molecule has 2 fully saturated rings. The molecule has 1 aliphatic carbocycles. The number of hydrogen-bond acceptors (Lipinski definition) is 4. The molecule has 3 amide bonds. The number of benzene rings is 1. The standard InChI is InChI=1S/C28H45ClN4O3/c1-20(2)31-26(34)19-36-27(22-11-7-13-24(29)16-22)23-12-8-14-33(18-23)28(35)32-25(17-30-3)15-21-9-5-4-6-10-21/h7,11,13,16,20-21,23,25,27,30H,4-6,8-10,12,14-15,17-19H2,1-3H3,(H,31,34)(H,32,35)/t23-,25+,27+/m1/s1. The van der Waals surface area contributed by atoms with Crippen molar-refractivity contribution in [2.24, 2.45) is 11.8 Å². The van der Waals surface area contributed by atoms with Crippen LogP contribution in [0.25, 0.3) is 0 Å². The second kappa shape index (κ2) is 14.8. The zero-order valence-corrected chi connectivity index (χ0v) is 23.0. The van der Waals surface area contributed by atoms with Crippen LogP contribution >= 0.6 is 11.6 Å². The van der Waals surface area contributed by atoms with Crippen LogP contribution < -0.4 is 16.0 Å². The van der Waals surface area contributed by atoms with Crippen molar-refractivity contribution >= 4 is 23.5 Å². The van der Waals surface area contributed by atoms with Gasteiger partial charge in [0.1, 0.15) is 6.61 Å². The first-order chi connectivity index (χ1) is 17.4. The van der Waals surface area contributed by atoms with Gasteiger partial charge in [-0.1, -0.05) is 55.8 Å². The summed E-state index contributed by atoms with van der Waals surface area (Å²) in [5, 5.41) is 10.1. The molecule has 1 aromatic rings. The first-order valence-electron chi connectivity index (χ1n) is 13.7. The zero-order valence-electron chi connectivity index (χ0n) is 22.2. The summed E-state index contributed by atoms with van der Waals surface area (Å²) in [5.74, 6) is 0.639. The van der Waals surface area contributed by atoms with Crippen LogP contribution in [0.5, 0.6) is 0 Å². The zero-order chi connectivity index (χ0) is 25.9. The van der Waals surface area contributed by atoms with Gasteiger partial charge in [0.15, 0.2) is 0 Å². The third-order valence-corrected chi connectivity index (χ3v) is 7.55. The molecular formula is C28H45ClN4O3. The molecule has 3 N–H and O–H groups in total. The molecule has 2 aliphatic rings. The Kier molecular flexibility index (Phi) is 11.8. The van der Waals surface area contributed by atoms with Gasteiger partial charge in [-0.2, -0.15) is 0 Å². The molecule has 0 bridgehead atoms. The van der Waals surface area contributed by atoms with Gasteiger partial charge in [0.25, 0.3) is 0 Å². The molecule has 8 heteroatoms. The van der Waals surface area contributed by atoms with Gasteiger partial charge >= 0.3 is 6.03 Å². The van der Waals surface area contributed by atoms with E-state index >= 15 is 0 Å². The number of likely N-dealkylation sites (tertiary alicyclic amines) is 1. The number of hydrogen-bond donors (Lipinski definition) is 3. The van der Waals surface area contributed by atoms with Crippen LogP contribution in [0.1, 0.15) is 76.9 Å². The number of ether oxygens (including phenoxy) is 1. The maximum atomic E-state index is 13.3. The molecular weight excluding hydrogens is 476 g/mol. The monoisotopic (exact) mass is 520 g/mol. The maximum Gasteiger partial charge on any atom is 0.317 e. The number of amides is 3. The first-order valence-corrected chi connectivity index (χ1v) is 14.1. The minimum Gasteiger partial charge on any atom is -0.363 e. The Hall–Kier alpha value is -1.83. The summed E-state index contributed by atoms with van der Waals surface area (Å²) in [6.07, 6.45) is 9.03. The van der Waals surface area contributed by atoms with Crippen LogP contribution in [0.15, 0.2) is 24.3 Å². The van der Waals surface area contributed by atoms with Crippen molar-refractivity contribution in [1.29, 1.82) is 0 Å². The summed E-state index contributed by atoms with van der Waals surface area (Å²) in [6, 6.07) is 7.82. The minimum absolute atomic E-state index is 0.00171. The normalized spacial score (nSPS) is 20.7. The number of piperidine rings is 1. The van der Waals surface area contributed by atoms with Crippen molar-refractivity contribution in [3.05, 3.63) is 34.9 Å². The highest BCUT2D eigenvalue weighted by molar-refractivity contribution is 6.30. The van der Waals surface area contributed by atoms with Crippen LogP contribution in [0.4, 0.5) is 4.79 Å². The number of halogens is 1. The quantitative estimate of drug-likeness (QED) is 0.387. The van der Waals surface area contributed by atoms with Gasteiger partial charge < -0.3 is 25.6 Å². The number of nitrogens with zero attached hydrogens (tertiary/aromatic N) is 1. The molecule has 1 aliphatic heterocycles. The third kappa shape index (κ3) is 9.24. The highest BCUT2D eigenvalue weighted by Gasteiger charge is 2.32. The number of carbonyl (C=O) groups excluding carboxylic acids is 2. The van der Waals surface area contributed by atoms with Gasteiger partial charge in [-0.3, -0.25) is 4.79 Å². The molecule has 0 unspecified atom stereocenters. The number of likely N-dealkylation sites (N-methyl/N-ethyl adjacent to an activating group) is 1. The predicted molar refractivity (Wildman–Crippen MR) is 145 cm³/mol. The van der Waals surface area contributed by atoms with Gasteiger partial charge in [0.05, 0.1) is 6.10 Å². The van der Waals surface area contributed by atoms with Gasteiger partial charge in [-0.25, -0.2) is 4.79 Å². The molecule has 1 saturated heterocycles. The molecule has 1 saturated carbocycles. The van der Waals surface area contributed by atoms with E-state index in [9.17, 15) is 9.59 Å². The van der Waals surface area contributed by atoms with E-state index in [1.54, 1.807) is 0 Å². The molecule has 36 heavy (non-hydrogen) atoms. The fourth-order valence-corrected chi connectivity index (χ4v) is 5.89. The minimum atomic E-state index is -0.312. The SMILES string of the molecule is CNC[C@H](CC1CCCCC1)NC(=O)N1CCC[C@@H]([C@@H](OCC(=O)NC(C)C)c2cccc(Cl)c2)C1. The van der Waals surface area contributed by atoms with Gasteiger partial charge in [0, 0.05) is 42.7 Å². The van der Waals surface area contributed by atoms with E-state index in [1.807, 2.05) is 50.1 Å². The van der Waals surface area contributed by atoms with Crippen molar-refractivity contribution < 1.29 is 14.3 Å². The summed E-state index contributed by atoms with van der Waals surface area (Å²) in [6.45, 7) is 5.93. The Morgan fingerprint density at radius 1 is 1.11 bits per heavy atom. The predicted octanol–water partition coefficient (Wildman–Crippen LogP) is 4.90. The molecule has 0 radical (unpaired) electrons. The highest BCUT2D eigenvalue weighted by atomic mass is 35.5. The van der Waals surface area contributed by atoms with Crippen LogP contribution in [0.2, 0.25) is 5.02 Å². The lowest BCUT2D eigenvalue weighted by Crippen LogP contribution is -2.52. The average Bonchev–Trinajstić information content (AvgIpc) is 2.85. The average molecular weight is 521 g/mol. The van der Waals surface area contributed by atoms with E-state index in [1.165, 1.54) is 32.1 Å². The largest absolute Gasteiger partial charge is 0.363 e. The summed E-state index contributed by atoms with van der Waals surface area (Å²) in [5.41, 5.74) is 0.942. The molecule has 0 spiro atoms. The van der Waals surface area contributed by atoms with E-state index in [4.69, 9.17) is 16.3 Å². The topological polar surface area (TPSA) is 82.7 Å². The van der Waals surface area contributed by atoms with Crippen molar-refractivity contribution in [3.63, 3.8) is 0 Å². The van der Waals surface area contributed by atoms with E-state index < -0.39 is 0 Å². The Bertz CT molecular complexity index is 831. The number of rotatable bonds is 11. The Morgan fingerprint density at radius 2 is 1.89 bits per heavy atom. The lowest BCUT2D eigenvalue weighted by atomic mass is 9.85. The van der Waals surface area contributed by atoms with E-state index in [2.05, 4.69) is 16.0 Å². The molecule has 3 atom stereocenters. The fourth-order valence-electron chi connectivity index (χ4n) is 5.69. The fraction of sp³-hybridized carbons (Fsp3) is 0.714. The van der Waals surface area contributed by atoms with Crippen LogP contribution in [0.3, 0.4) is 0 Å². The Balaban J connectivity index is 1.65. The smallest absolute Gasteiger partial charge is 0.317 e. The van der Waals surface area contributed by atoms with Crippen LogP contribution in [-0.2, 0) is 9.53 Å². The molecule has 1 heterocycles. The number of urea groups is 1. The lowest BCUT2D eigenvalue weighted by molar-refractivity contribution is -0.130. The second-order valence-corrected chi connectivity index (χ2v) is 11.2. The summed E-state index contributed by atoms with van der Waals surface area (Å²) < 4.78 is 6.19. The van der Waals surface area contributed by atoms with E-state index in [0.717, 1.165) is 37.9 Å². The summed E-state index contributed by atoms with van der Waals surface area (Å²) in [4.78, 5) is 27.6. The van der Waals surface area contributed by atoms with Crippen molar-refractivity contribution in [2.45, 2.75) is 83.4 Å². The highest BCUT2D eigenvalue weighted by Crippen LogP contribution is 2.34. The molecule has 202 valence electrons. The molecule has 7 nitrogen and oxygen atoms in total. The second-order valence-electron chi connectivity index (χ2n) is 10.8. The molecule has 0 aromatic heterocycles. The number of carbonyl (C=O) groups is 2. The van der Waals surface area contributed by atoms with E-state index in [0.29, 0.717) is 17.5 Å². The van der Waals surface area contributed by atoms with E-state index in [-0.39, 0.29) is 42.7 Å². The summed E-state index contributed by atoms with van der Waals surface area (Å²) in [7, 11) is 1.94. The van der Waals surface area contributed by atoms with Crippen molar-refractivity contribution in [3.8, 4) is 0 Å². The Morgan fingerprint density at radius 3 is 2.58 bits per heavy atom. The third-order valence-electron chi connectivity index (χ3n) is 7.31.